The van der Waals surface area contributed by atoms with Gasteiger partial charge in [-0.15, -0.1) is 0 Å². The number of aliphatic hydroxyl groups excluding tert-OH is 1. The molecule has 0 aliphatic heterocycles. The third kappa shape index (κ3) is 3.21. The first-order valence-electron chi connectivity index (χ1n) is 6.10. The molecular formula is C15H14ClN3O. The van der Waals surface area contributed by atoms with Gasteiger partial charge >= 0.3 is 0 Å². The molecule has 4 N–H and O–H groups in total. The molecule has 0 aromatic heterocycles. The fraction of sp³-hybridized carbons (Fsp3) is 0.133. The lowest BCUT2D eigenvalue weighted by Crippen LogP contribution is -1.98. The number of nitrogens with one attached hydrogen (secondary N) is 1. The van der Waals surface area contributed by atoms with E-state index in [0.717, 1.165) is 11.3 Å². The fourth-order valence-electron chi connectivity index (χ4n) is 1.82. The molecule has 0 heterocycles. The minimum atomic E-state index is 0.130. The molecule has 0 radical (unpaired) electrons. The molecule has 2 rings (SSSR count). The lowest BCUT2D eigenvalue weighted by molar-refractivity contribution is 0.299. The highest BCUT2D eigenvalue weighted by molar-refractivity contribution is 6.32. The largest absolute Gasteiger partial charge is 0.397 e. The zero-order valence-electron chi connectivity index (χ0n) is 10.7. The van der Waals surface area contributed by atoms with Crippen LogP contribution in [0.5, 0.6) is 0 Å². The molecule has 0 amide bonds. The van der Waals surface area contributed by atoms with E-state index in [1.165, 1.54) is 0 Å². The van der Waals surface area contributed by atoms with Crippen LogP contribution in [0.15, 0.2) is 36.4 Å². The van der Waals surface area contributed by atoms with Gasteiger partial charge in [0.1, 0.15) is 6.07 Å². The van der Waals surface area contributed by atoms with Gasteiger partial charge in [-0.05, 0) is 36.2 Å². The third-order valence-electron chi connectivity index (χ3n) is 2.89. The van der Waals surface area contributed by atoms with Crippen molar-refractivity contribution in [3.8, 4) is 6.07 Å². The number of nitrogens with two attached hydrogens (primary N) is 1. The van der Waals surface area contributed by atoms with Crippen molar-refractivity contribution in [2.75, 3.05) is 17.7 Å². The van der Waals surface area contributed by atoms with E-state index in [1.54, 1.807) is 12.1 Å². The first-order chi connectivity index (χ1) is 9.63. The van der Waals surface area contributed by atoms with Crippen LogP contribution in [0, 0.1) is 11.3 Å². The fourth-order valence-corrected chi connectivity index (χ4v) is 2.03. The van der Waals surface area contributed by atoms with Crippen molar-refractivity contribution in [2.24, 2.45) is 0 Å². The number of rotatable bonds is 4. The van der Waals surface area contributed by atoms with Crippen LogP contribution >= 0.6 is 11.6 Å². The van der Waals surface area contributed by atoms with E-state index in [4.69, 9.17) is 27.7 Å². The van der Waals surface area contributed by atoms with E-state index in [1.807, 2.05) is 30.3 Å². The van der Waals surface area contributed by atoms with Gasteiger partial charge < -0.3 is 16.2 Å². The van der Waals surface area contributed by atoms with Gasteiger partial charge in [0.05, 0.1) is 22.0 Å². The van der Waals surface area contributed by atoms with Crippen LogP contribution in [0.2, 0.25) is 5.02 Å². The van der Waals surface area contributed by atoms with Crippen LogP contribution in [-0.2, 0) is 6.42 Å². The number of nitrogens with zero attached hydrogens (tertiary/aromatic N) is 1. The topological polar surface area (TPSA) is 82.1 Å². The lowest BCUT2D eigenvalue weighted by Gasteiger charge is -2.11. The Morgan fingerprint density at radius 2 is 1.95 bits per heavy atom. The molecule has 0 bridgehead atoms. The highest BCUT2D eigenvalue weighted by Crippen LogP contribution is 2.29. The molecule has 0 spiro atoms. The molecule has 0 fully saturated rings. The van der Waals surface area contributed by atoms with Gasteiger partial charge in [-0.1, -0.05) is 23.7 Å². The zero-order chi connectivity index (χ0) is 14.5. The summed E-state index contributed by atoms with van der Waals surface area (Å²) in [6.07, 6.45) is 0.630. The van der Waals surface area contributed by atoms with Gasteiger partial charge in [0.25, 0.3) is 0 Å². The standard InChI is InChI=1S/C15H14ClN3O/c16-13-8-15(14(18)7-11(13)9-17)19-12-3-1-10(2-4-12)5-6-20/h1-4,7-8,19-20H,5-6,18H2. The molecular weight excluding hydrogens is 274 g/mol. The molecule has 0 atom stereocenters. The van der Waals surface area contributed by atoms with Gasteiger partial charge in [-0.2, -0.15) is 5.26 Å². The molecule has 2 aromatic carbocycles. The Balaban J connectivity index is 2.22. The van der Waals surface area contributed by atoms with Gasteiger partial charge in [-0.3, -0.25) is 0 Å². The number of aliphatic hydroxyl groups is 1. The van der Waals surface area contributed by atoms with E-state index in [0.29, 0.717) is 28.4 Å². The minimum absolute atomic E-state index is 0.130. The summed E-state index contributed by atoms with van der Waals surface area (Å²) >= 11 is 5.99. The molecule has 0 saturated carbocycles. The average molecular weight is 288 g/mol. The molecule has 20 heavy (non-hydrogen) atoms. The van der Waals surface area contributed by atoms with Crippen molar-refractivity contribution in [1.29, 1.82) is 5.26 Å². The highest BCUT2D eigenvalue weighted by Gasteiger charge is 2.06. The van der Waals surface area contributed by atoms with Crippen LogP contribution in [0.3, 0.4) is 0 Å². The lowest BCUT2D eigenvalue weighted by atomic mass is 10.1. The van der Waals surface area contributed by atoms with Crippen LogP contribution in [0.1, 0.15) is 11.1 Å². The Morgan fingerprint density at radius 3 is 2.55 bits per heavy atom. The Bertz CT molecular complexity index is 647. The van der Waals surface area contributed by atoms with E-state index in [2.05, 4.69) is 5.32 Å². The normalized spacial score (nSPS) is 10.1. The Morgan fingerprint density at radius 1 is 1.25 bits per heavy atom. The number of benzene rings is 2. The van der Waals surface area contributed by atoms with Gasteiger partial charge in [0, 0.05) is 12.3 Å². The predicted octanol–water partition coefficient (Wildman–Crippen LogP) is 3.07. The summed E-state index contributed by atoms with van der Waals surface area (Å²) in [7, 11) is 0. The van der Waals surface area contributed by atoms with Crippen molar-refractivity contribution >= 4 is 28.7 Å². The number of hydrogen-bond donors (Lipinski definition) is 3. The Kier molecular flexibility index (Phi) is 4.46. The van der Waals surface area contributed by atoms with Gasteiger partial charge in [-0.25, -0.2) is 0 Å². The average Bonchev–Trinajstić information content (AvgIpc) is 2.45. The smallest absolute Gasteiger partial charge is 0.101 e. The maximum absolute atomic E-state index is 8.87. The SMILES string of the molecule is N#Cc1cc(N)c(Nc2ccc(CCO)cc2)cc1Cl. The maximum Gasteiger partial charge on any atom is 0.101 e. The molecule has 0 aliphatic carbocycles. The van der Waals surface area contributed by atoms with E-state index in [9.17, 15) is 0 Å². The summed E-state index contributed by atoms with van der Waals surface area (Å²) in [6.45, 7) is 0.130. The molecule has 2 aromatic rings. The van der Waals surface area contributed by atoms with Crippen molar-refractivity contribution < 1.29 is 5.11 Å². The molecule has 0 saturated heterocycles. The molecule has 4 nitrogen and oxygen atoms in total. The van der Waals surface area contributed by atoms with Crippen LogP contribution in [0.25, 0.3) is 0 Å². The second kappa shape index (κ2) is 6.29. The number of hydrogen-bond acceptors (Lipinski definition) is 4. The van der Waals surface area contributed by atoms with Crippen molar-refractivity contribution in [3.63, 3.8) is 0 Å². The first-order valence-corrected chi connectivity index (χ1v) is 6.48. The van der Waals surface area contributed by atoms with E-state index < -0.39 is 0 Å². The maximum atomic E-state index is 8.87. The number of halogens is 1. The second-order valence-corrected chi connectivity index (χ2v) is 4.73. The van der Waals surface area contributed by atoms with E-state index >= 15 is 0 Å². The monoisotopic (exact) mass is 287 g/mol. The molecule has 5 heteroatoms. The van der Waals surface area contributed by atoms with Crippen LogP contribution in [-0.4, -0.2) is 11.7 Å². The number of anilines is 3. The second-order valence-electron chi connectivity index (χ2n) is 4.33. The predicted molar refractivity (Wildman–Crippen MR) is 81.1 cm³/mol. The van der Waals surface area contributed by atoms with Crippen molar-refractivity contribution in [1.82, 2.24) is 0 Å². The van der Waals surface area contributed by atoms with E-state index in [-0.39, 0.29) is 6.61 Å². The van der Waals surface area contributed by atoms with Gasteiger partial charge in [0.2, 0.25) is 0 Å². The zero-order valence-corrected chi connectivity index (χ0v) is 11.5. The Hall–Kier alpha value is -2.22. The van der Waals surface area contributed by atoms with Crippen LogP contribution < -0.4 is 11.1 Å². The van der Waals surface area contributed by atoms with Crippen molar-refractivity contribution in [2.45, 2.75) is 6.42 Å². The summed E-state index contributed by atoms with van der Waals surface area (Å²) < 4.78 is 0. The quantitative estimate of drug-likeness (QED) is 0.755. The van der Waals surface area contributed by atoms with Gasteiger partial charge in [0.15, 0.2) is 0 Å². The number of nitrogen functional groups attached to an aromatic ring is 1. The minimum Gasteiger partial charge on any atom is -0.397 e. The summed E-state index contributed by atoms with van der Waals surface area (Å²) in [5.74, 6) is 0. The summed E-state index contributed by atoms with van der Waals surface area (Å²) in [5.41, 5.74) is 9.28. The summed E-state index contributed by atoms with van der Waals surface area (Å²) in [4.78, 5) is 0. The van der Waals surface area contributed by atoms with Crippen LogP contribution in [0.4, 0.5) is 17.1 Å². The summed E-state index contributed by atoms with van der Waals surface area (Å²) in [6, 6.07) is 12.8. The Labute approximate surface area is 122 Å². The third-order valence-corrected chi connectivity index (χ3v) is 3.21. The summed E-state index contributed by atoms with van der Waals surface area (Å²) in [5, 5.41) is 21.3. The highest BCUT2D eigenvalue weighted by atomic mass is 35.5. The first kappa shape index (κ1) is 14.2. The number of nitriles is 1. The molecule has 102 valence electrons. The molecule has 0 aliphatic rings. The van der Waals surface area contributed by atoms with Crippen molar-refractivity contribution in [3.05, 3.63) is 52.5 Å². The molecule has 0 unspecified atom stereocenters.